The number of primary amides is 1. The van der Waals surface area contributed by atoms with E-state index in [0.29, 0.717) is 5.69 Å². The number of urea groups is 1. The van der Waals surface area contributed by atoms with E-state index in [4.69, 9.17) is 5.73 Å². The molecule has 0 saturated carbocycles. The van der Waals surface area contributed by atoms with E-state index in [9.17, 15) is 9.59 Å². The van der Waals surface area contributed by atoms with E-state index in [1.54, 1.807) is 11.8 Å². The standard InChI is InChI=1S/C13H19N3O2S/c1-8(2)11(16-13(14)18)12(17)15-9-4-6-10(19-3)7-5-9/h4-8,11H,1-3H3,(H,15,17)(H3,14,16,18)/t11-/m0/s1. The van der Waals surface area contributed by atoms with Crippen molar-refractivity contribution >= 4 is 29.4 Å². The summed E-state index contributed by atoms with van der Waals surface area (Å²) in [5.74, 6) is -0.316. The second-order valence-corrected chi connectivity index (χ2v) is 5.33. The Labute approximate surface area is 117 Å². The molecular formula is C13H19N3O2S. The summed E-state index contributed by atoms with van der Waals surface area (Å²) in [7, 11) is 0. The fourth-order valence-electron chi connectivity index (χ4n) is 1.58. The van der Waals surface area contributed by atoms with E-state index < -0.39 is 12.1 Å². The number of rotatable bonds is 5. The minimum atomic E-state index is -0.702. The second-order valence-electron chi connectivity index (χ2n) is 4.45. The first-order chi connectivity index (χ1) is 8.93. The molecule has 0 aliphatic carbocycles. The van der Waals surface area contributed by atoms with Gasteiger partial charge in [-0.1, -0.05) is 13.8 Å². The summed E-state index contributed by atoms with van der Waals surface area (Å²) in [5, 5.41) is 5.21. The van der Waals surface area contributed by atoms with Gasteiger partial charge in [-0.2, -0.15) is 0 Å². The van der Waals surface area contributed by atoms with Gasteiger partial charge in [-0.25, -0.2) is 4.79 Å². The van der Waals surface area contributed by atoms with Gasteiger partial charge in [0.2, 0.25) is 5.91 Å². The highest BCUT2D eigenvalue weighted by Crippen LogP contribution is 2.18. The lowest BCUT2D eigenvalue weighted by Crippen LogP contribution is -2.49. The SMILES string of the molecule is CSc1ccc(NC(=O)[C@@H](NC(N)=O)C(C)C)cc1. The van der Waals surface area contributed by atoms with Crippen LogP contribution in [0.25, 0.3) is 0 Å². The fraction of sp³-hybridized carbons (Fsp3) is 0.385. The van der Waals surface area contributed by atoms with Gasteiger partial charge in [0.15, 0.2) is 0 Å². The largest absolute Gasteiger partial charge is 0.352 e. The molecule has 3 amide bonds. The molecular weight excluding hydrogens is 262 g/mol. The molecule has 0 fully saturated rings. The predicted octanol–water partition coefficient (Wildman–Crippen LogP) is 2.04. The second kappa shape index (κ2) is 7.04. The first kappa shape index (κ1) is 15.4. The smallest absolute Gasteiger partial charge is 0.312 e. The minimum Gasteiger partial charge on any atom is -0.352 e. The molecule has 6 heteroatoms. The molecule has 1 atom stereocenters. The average Bonchev–Trinajstić information content (AvgIpc) is 2.36. The van der Waals surface area contributed by atoms with E-state index in [1.165, 1.54) is 0 Å². The van der Waals surface area contributed by atoms with Crippen molar-refractivity contribution in [1.29, 1.82) is 0 Å². The number of amides is 3. The lowest BCUT2D eigenvalue weighted by atomic mass is 10.0. The number of anilines is 1. The zero-order valence-corrected chi connectivity index (χ0v) is 12.1. The van der Waals surface area contributed by atoms with Crippen LogP contribution < -0.4 is 16.4 Å². The molecule has 0 radical (unpaired) electrons. The maximum absolute atomic E-state index is 12.1. The van der Waals surface area contributed by atoms with Crippen molar-refractivity contribution in [2.45, 2.75) is 24.8 Å². The molecule has 4 N–H and O–H groups in total. The predicted molar refractivity (Wildman–Crippen MR) is 78.2 cm³/mol. The van der Waals surface area contributed by atoms with Crippen LogP contribution in [0.3, 0.4) is 0 Å². The van der Waals surface area contributed by atoms with E-state index in [0.717, 1.165) is 4.90 Å². The summed E-state index contributed by atoms with van der Waals surface area (Å²) in [5.41, 5.74) is 5.76. The number of hydrogen-bond donors (Lipinski definition) is 3. The van der Waals surface area contributed by atoms with Gasteiger partial charge in [0.25, 0.3) is 0 Å². The van der Waals surface area contributed by atoms with E-state index in [1.807, 2.05) is 44.4 Å². The van der Waals surface area contributed by atoms with Crippen molar-refractivity contribution < 1.29 is 9.59 Å². The molecule has 0 aliphatic rings. The highest BCUT2D eigenvalue weighted by Gasteiger charge is 2.23. The Morgan fingerprint density at radius 3 is 2.21 bits per heavy atom. The molecule has 0 bridgehead atoms. The number of nitrogens with one attached hydrogen (secondary N) is 2. The molecule has 0 spiro atoms. The molecule has 0 aliphatic heterocycles. The third kappa shape index (κ3) is 4.82. The van der Waals surface area contributed by atoms with E-state index >= 15 is 0 Å². The summed E-state index contributed by atoms with van der Waals surface area (Å²) in [6.45, 7) is 3.69. The normalized spacial score (nSPS) is 12.0. The Morgan fingerprint density at radius 1 is 1.21 bits per heavy atom. The average molecular weight is 281 g/mol. The van der Waals surface area contributed by atoms with Crippen molar-refractivity contribution in [3.05, 3.63) is 24.3 Å². The summed E-state index contributed by atoms with van der Waals surface area (Å²) < 4.78 is 0. The van der Waals surface area contributed by atoms with Crippen LogP contribution in [0.15, 0.2) is 29.2 Å². The van der Waals surface area contributed by atoms with Gasteiger partial charge in [-0.15, -0.1) is 11.8 Å². The lowest BCUT2D eigenvalue weighted by Gasteiger charge is -2.20. The van der Waals surface area contributed by atoms with Crippen LogP contribution >= 0.6 is 11.8 Å². The van der Waals surface area contributed by atoms with Crippen LogP contribution in [-0.2, 0) is 4.79 Å². The number of nitrogens with two attached hydrogens (primary N) is 1. The number of hydrogen-bond acceptors (Lipinski definition) is 3. The lowest BCUT2D eigenvalue weighted by molar-refractivity contribution is -0.118. The quantitative estimate of drug-likeness (QED) is 0.722. The molecule has 1 rings (SSSR count). The van der Waals surface area contributed by atoms with Crippen molar-refractivity contribution in [3.63, 3.8) is 0 Å². The van der Waals surface area contributed by atoms with Gasteiger partial charge in [-0.3, -0.25) is 4.79 Å². The van der Waals surface area contributed by atoms with Gasteiger partial charge in [0.05, 0.1) is 0 Å². The van der Waals surface area contributed by atoms with Gasteiger partial charge in [0, 0.05) is 10.6 Å². The Morgan fingerprint density at radius 2 is 1.79 bits per heavy atom. The Bertz CT molecular complexity index is 446. The summed E-state index contributed by atoms with van der Waals surface area (Å²) in [6.07, 6.45) is 1.99. The maximum atomic E-state index is 12.1. The molecule has 0 heterocycles. The van der Waals surface area contributed by atoms with Gasteiger partial charge >= 0.3 is 6.03 Å². The fourth-order valence-corrected chi connectivity index (χ4v) is 1.99. The van der Waals surface area contributed by atoms with Gasteiger partial charge in [-0.05, 0) is 36.4 Å². The Balaban J connectivity index is 2.72. The van der Waals surface area contributed by atoms with Crippen molar-refractivity contribution in [2.75, 3.05) is 11.6 Å². The molecule has 0 aromatic heterocycles. The van der Waals surface area contributed by atoms with Crippen molar-refractivity contribution in [2.24, 2.45) is 11.7 Å². The van der Waals surface area contributed by atoms with E-state index in [2.05, 4.69) is 10.6 Å². The minimum absolute atomic E-state index is 0.0435. The molecule has 1 aromatic carbocycles. The monoisotopic (exact) mass is 281 g/mol. The third-order valence-electron chi connectivity index (χ3n) is 2.60. The van der Waals surface area contributed by atoms with Crippen LogP contribution in [-0.4, -0.2) is 24.2 Å². The summed E-state index contributed by atoms with van der Waals surface area (Å²) in [4.78, 5) is 24.1. The third-order valence-corrected chi connectivity index (χ3v) is 3.35. The molecule has 1 aromatic rings. The van der Waals surface area contributed by atoms with E-state index in [-0.39, 0.29) is 11.8 Å². The van der Waals surface area contributed by atoms with Gasteiger partial charge < -0.3 is 16.4 Å². The Hall–Kier alpha value is -1.69. The van der Waals surface area contributed by atoms with Crippen LogP contribution in [0, 0.1) is 5.92 Å². The van der Waals surface area contributed by atoms with Crippen LogP contribution in [0.2, 0.25) is 0 Å². The molecule has 0 unspecified atom stereocenters. The zero-order chi connectivity index (χ0) is 14.4. The number of benzene rings is 1. The maximum Gasteiger partial charge on any atom is 0.312 e. The molecule has 19 heavy (non-hydrogen) atoms. The van der Waals surface area contributed by atoms with Crippen LogP contribution in [0.4, 0.5) is 10.5 Å². The summed E-state index contributed by atoms with van der Waals surface area (Å²) in [6, 6.07) is 6.15. The first-order valence-electron chi connectivity index (χ1n) is 5.95. The molecule has 5 nitrogen and oxygen atoms in total. The van der Waals surface area contributed by atoms with Gasteiger partial charge in [0.1, 0.15) is 6.04 Å². The number of carbonyl (C=O) groups is 2. The summed E-state index contributed by atoms with van der Waals surface area (Å²) >= 11 is 1.63. The van der Waals surface area contributed by atoms with Crippen LogP contribution in [0.1, 0.15) is 13.8 Å². The van der Waals surface area contributed by atoms with Crippen molar-refractivity contribution in [1.82, 2.24) is 5.32 Å². The molecule has 0 saturated heterocycles. The number of carbonyl (C=O) groups excluding carboxylic acids is 2. The Kier molecular flexibility index (Phi) is 5.69. The zero-order valence-electron chi connectivity index (χ0n) is 11.3. The van der Waals surface area contributed by atoms with Crippen LogP contribution in [0.5, 0.6) is 0 Å². The molecule has 104 valence electrons. The number of thioether (sulfide) groups is 1. The van der Waals surface area contributed by atoms with Crippen molar-refractivity contribution in [3.8, 4) is 0 Å². The topological polar surface area (TPSA) is 84.2 Å². The first-order valence-corrected chi connectivity index (χ1v) is 7.17. The highest BCUT2D eigenvalue weighted by molar-refractivity contribution is 7.98. The highest BCUT2D eigenvalue weighted by atomic mass is 32.2.